The summed E-state index contributed by atoms with van der Waals surface area (Å²) >= 11 is 13.6. The zero-order chi connectivity index (χ0) is 29.4. The molecule has 0 radical (unpaired) electrons. The van der Waals surface area contributed by atoms with Gasteiger partial charge in [0.25, 0.3) is 5.56 Å². The van der Waals surface area contributed by atoms with Gasteiger partial charge in [-0.1, -0.05) is 77.0 Å². The Morgan fingerprint density at radius 1 is 1.02 bits per heavy atom. The molecule has 1 atom stereocenters. The summed E-state index contributed by atoms with van der Waals surface area (Å²) in [5.74, 6) is 1.53. The third kappa shape index (κ3) is 5.51. The summed E-state index contributed by atoms with van der Waals surface area (Å²) in [6.45, 7) is 3.72. The number of fused-ring (bicyclic) bond motifs is 1. The maximum absolute atomic E-state index is 13.8. The second-order valence-corrected chi connectivity index (χ2v) is 11.6. The molecule has 0 N–H and O–H groups in total. The monoisotopic (exact) mass is 614 g/mol. The molecule has 6 nitrogen and oxygen atoms in total. The van der Waals surface area contributed by atoms with Crippen molar-refractivity contribution < 1.29 is 13.9 Å². The maximum atomic E-state index is 13.8. The topological polar surface area (TPSA) is 73.8 Å². The number of nitrogens with zero attached hydrogens (tertiary/aromatic N) is 2. The van der Waals surface area contributed by atoms with Gasteiger partial charge in [0.05, 0.1) is 14.6 Å². The average molecular weight is 616 g/mol. The van der Waals surface area contributed by atoms with E-state index in [4.69, 9.17) is 32.4 Å². The van der Waals surface area contributed by atoms with Crippen LogP contribution in [0, 0.1) is 0 Å². The third-order valence-corrected chi connectivity index (χ3v) is 8.65. The molecular weight excluding hydrogens is 591 g/mol. The van der Waals surface area contributed by atoms with Gasteiger partial charge in [-0.2, -0.15) is 0 Å². The van der Waals surface area contributed by atoms with E-state index in [1.165, 1.54) is 22.8 Å². The number of furan rings is 1. The van der Waals surface area contributed by atoms with Crippen LogP contribution in [-0.4, -0.2) is 10.4 Å². The smallest absolute Gasteiger partial charge is 0.271 e. The summed E-state index contributed by atoms with van der Waals surface area (Å²) in [5.41, 5.74) is 3.34. The van der Waals surface area contributed by atoms with E-state index in [9.17, 15) is 9.59 Å². The molecule has 9 heteroatoms. The minimum Gasteiger partial charge on any atom is -0.489 e. The lowest BCUT2D eigenvalue weighted by Gasteiger charge is -2.22. The Bertz CT molecular complexity index is 2020. The minimum atomic E-state index is -0.758. The molecule has 0 aliphatic carbocycles. The van der Waals surface area contributed by atoms with Crippen molar-refractivity contribution in [3.63, 3.8) is 0 Å². The number of benzene rings is 3. The number of carbonyl (C=O) groups is 1. The number of rotatable bonds is 7. The first kappa shape index (κ1) is 28.0. The lowest BCUT2D eigenvalue weighted by Crippen LogP contribution is -2.39. The Balaban J connectivity index is 1.35. The second kappa shape index (κ2) is 11.6. The highest BCUT2D eigenvalue weighted by molar-refractivity contribution is 7.07. The zero-order valence-corrected chi connectivity index (χ0v) is 25.0. The van der Waals surface area contributed by atoms with Gasteiger partial charge < -0.3 is 9.15 Å². The standard InChI is InChI=1S/C33H24Cl2N2O4S/c1-19-30(20(2)38)31(28-15-14-27(41-28)23-10-13-25(34)26(35)17-23)37-32(39)29(42-33(37)36-19)16-21-8-11-24(12-9-21)40-18-22-6-4-3-5-7-22/h3-17,31H,18H2,1-2H3/b29-16+/t31-/m0/s1. The van der Waals surface area contributed by atoms with Crippen molar-refractivity contribution >= 4 is 46.4 Å². The largest absolute Gasteiger partial charge is 0.489 e. The van der Waals surface area contributed by atoms with E-state index < -0.39 is 6.04 Å². The van der Waals surface area contributed by atoms with Crippen LogP contribution in [0.2, 0.25) is 10.0 Å². The number of Topliss-reactive ketones (excluding diaryl/α,β-unsaturated/α-hetero) is 1. The normalized spacial score (nSPS) is 15.0. The third-order valence-electron chi connectivity index (χ3n) is 6.93. The van der Waals surface area contributed by atoms with Crippen LogP contribution in [-0.2, 0) is 11.4 Å². The van der Waals surface area contributed by atoms with Crippen molar-refractivity contribution in [3.05, 3.63) is 143 Å². The number of hydrogen-bond acceptors (Lipinski definition) is 6. The van der Waals surface area contributed by atoms with Crippen LogP contribution < -0.4 is 19.6 Å². The van der Waals surface area contributed by atoms with Crippen molar-refractivity contribution in [3.8, 4) is 17.1 Å². The molecule has 6 rings (SSSR count). The first-order chi connectivity index (χ1) is 20.3. The molecular formula is C33H24Cl2N2O4S. The van der Waals surface area contributed by atoms with Gasteiger partial charge >= 0.3 is 0 Å². The predicted molar refractivity (Wildman–Crippen MR) is 166 cm³/mol. The molecule has 5 aromatic rings. The van der Waals surface area contributed by atoms with E-state index >= 15 is 0 Å². The van der Waals surface area contributed by atoms with Gasteiger partial charge in [-0.05, 0) is 73.5 Å². The summed E-state index contributed by atoms with van der Waals surface area (Å²) in [4.78, 5) is 31.8. The number of ether oxygens (including phenoxy) is 1. The molecule has 1 aliphatic rings. The number of aromatic nitrogens is 1. The van der Waals surface area contributed by atoms with Crippen LogP contribution in [0.15, 0.2) is 110 Å². The Kier molecular flexibility index (Phi) is 7.73. The molecule has 0 spiro atoms. The summed E-state index contributed by atoms with van der Waals surface area (Å²) < 4.78 is 14.1. The van der Waals surface area contributed by atoms with E-state index in [0.717, 1.165) is 22.4 Å². The molecule has 3 heterocycles. The number of carbonyl (C=O) groups excluding carboxylic acids is 1. The van der Waals surface area contributed by atoms with E-state index in [2.05, 4.69) is 4.99 Å². The Hall–Kier alpha value is -4.17. The number of ketones is 1. The Morgan fingerprint density at radius 3 is 2.50 bits per heavy atom. The average Bonchev–Trinajstić information content (AvgIpc) is 3.59. The highest BCUT2D eigenvalue weighted by Crippen LogP contribution is 2.35. The molecule has 210 valence electrons. The first-order valence-corrected chi connectivity index (χ1v) is 14.7. The summed E-state index contributed by atoms with van der Waals surface area (Å²) in [6, 6.07) is 25.5. The van der Waals surface area contributed by atoms with Crippen LogP contribution in [0.3, 0.4) is 0 Å². The van der Waals surface area contributed by atoms with Crippen molar-refractivity contribution in [2.24, 2.45) is 4.99 Å². The molecule has 0 unspecified atom stereocenters. The number of halogens is 2. The van der Waals surface area contributed by atoms with Crippen LogP contribution in [0.1, 0.15) is 36.8 Å². The highest BCUT2D eigenvalue weighted by Gasteiger charge is 2.33. The molecule has 1 aliphatic heterocycles. The molecule has 0 fully saturated rings. The summed E-state index contributed by atoms with van der Waals surface area (Å²) in [6.07, 6.45) is 1.82. The first-order valence-electron chi connectivity index (χ1n) is 13.1. The number of allylic oxidation sites excluding steroid dienone is 2. The SMILES string of the molecule is CC(=O)C1=C(C)N=c2s/c(=C/c3ccc(OCc4ccccc4)cc3)c(=O)n2[C@H]1c1ccc(-c2ccc(Cl)c(Cl)c2)o1. The van der Waals surface area contributed by atoms with E-state index in [0.29, 0.717) is 48.8 Å². The van der Waals surface area contributed by atoms with Gasteiger partial charge in [-0.3, -0.25) is 14.2 Å². The Labute approximate surface area is 255 Å². The van der Waals surface area contributed by atoms with E-state index in [1.54, 1.807) is 37.3 Å². The lowest BCUT2D eigenvalue weighted by molar-refractivity contribution is -0.114. The fourth-order valence-corrected chi connectivity index (χ4v) is 6.24. The van der Waals surface area contributed by atoms with Crippen LogP contribution in [0.5, 0.6) is 5.75 Å². The minimum absolute atomic E-state index is 0.186. The molecule has 42 heavy (non-hydrogen) atoms. The van der Waals surface area contributed by atoms with E-state index in [-0.39, 0.29) is 11.3 Å². The summed E-state index contributed by atoms with van der Waals surface area (Å²) in [7, 11) is 0. The number of thiazole rings is 1. The molecule has 2 aromatic heterocycles. The van der Waals surface area contributed by atoms with Gasteiger partial charge in [-0.25, -0.2) is 4.99 Å². The highest BCUT2D eigenvalue weighted by atomic mass is 35.5. The van der Waals surface area contributed by atoms with Gasteiger partial charge in [0.1, 0.15) is 29.9 Å². The van der Waals surface area contributed by atoms with Crippen molar-refractivity contribution in [2.75, 3.05) is 0 Å². The number of hydrogen-bond donors (Lipinski definition) is 0. The van der Waals surface area contributed by atoms with E-state index in [1.807, 2.05) is 60.7 Å². The molecule has 0 saturated heterocycles. The fourth-order valence-electron chi connectivity index (χ4n) is 4.90. The molecule has 3 aromatic carbocycles. The second-order valence-electron chi connectivity index (χ2n) is 9.81. The molecule has 0 saturated carbocycles. The van der Waals surface area contributed by atoms with Crippen molar-refractivity contribution in [1.82, 2.24) is 4.57 Å². The molecule has 0 amide bonds. The zero-order valence-electron chi connectivity index (χ0n) is 22.6. The van der Waals surface area contributed by atoms with Crippen LogP contribution >= 0.6 is 34.5 Å². The van der Waals surface area contributed by atoms with Gasteiger partial charge in [0, 0.05) is 16.8 Å². The maximum Gasteiger partial charge on any atom is 0.271 e. The quantitative estimate of drug-likeness (QED) is 0.198. The van der Waals surface area contributed by atoms with Gasteiger partial charge in [-0.15, -0.1) is 0 Å². The summed E-state index contributed by atoms with van der Waals surface area (Å²) in [5, 5.41) is 0.835. The molecule has 0 bridgehead atoms. The van der Waals surface area contributed by atoms with Crippen molar-refractivity contribution in [1.29, 1.82) is 0 Å². The van der Waals surface area contributed by atoms with Crippen molar-refractivity contribution in [2.45, 2.75) is 26.5 Å². The van der Waals surface area contributed by atoms with Crippen LogP contribution in [0.25, 0.3) is 17.4 Å². The predicted octanol–water partition coefficient (Wildman–Crippen LogP) is 6.97. The van der Waals surface area contributed by atoms with Gasteiger partial charge in [0.2, 0.25) is 0 Å². The fraction of sp³-hybridized carbons (Fsp3) is 0.121. The lowest BCUT2D eigenvalue weighted by atomic mass is 9.98. The van der Waals surface area contributed by atoms with Crippen LogP contribution in [0.4, 0.5) is 0 Å². The van der Waals surface area contributed by atoms with Gasteiger partial charge in [0.15, 0.2) is 10.6 Å². The Morgan fingerprint density at radius 2 is 1.79 bits per heavy atom.